The molecule has 4 heterocycles. The molecule has 0 saturated carbocycles. The quantitative estimate of drug-likeness (QED) is 0.569. The fourth-order valence-electron chi connectivity index (χ4n) is 4.33. The van der Waals surface area contributed by atoms with Crippen molar-refractivity contribution in [1.82, 2.24) is 9.97 Å². The monoisotopic (exact) mass is 436 g/mol. The molecule has 2 aromatic rings. The zero-order valence-corrected chi connectivity index (χ0v) is 19.7. The molecule has 1 atom stereocenters. The minimum Gasteiger partial charge on any atom is -0.398 e. The Morgan fingerprint density at radius 2 is 1.94 bits per heavy atom. The number of ketones is 1. The summed E-state index contributed by atoms with van der Waals surface area (Å²) in [5.74, 6) is 0.495. The molecule has 0 spiro atoms. The Kier molecular flexibility index (Phi) is 6.03. The number of aromatic nitrogens is 2. The number of nitrogens with zero attached hydrogens (tertiary/aromatic N) is 3. The third-order valence-electron chi connectivity index (χ3n) is 6.93. The van der Waals surface area contributed by atoms with E-state index in [-0.39, 0.29) is 17.9 Å². The van der Waals surface area contributed by atoms with Gasteiger partial charge in [-0.05, 0) is 64.7 Å². The Hall–Kier alpha value is -2.45. The second kappa shape index (κ2) is 8.48. The Bertz CT molecular complexity index is 994. The maximum Gasteiger partial charge on any atom is 0.514 e. The van der Waals surface area contributed by atoms with Crippen molar-refractivity contribution in [2.45, 2.75) is 65.1 Å². The number of carbonyl (C=O) groups is 1. The van der Waals surface area contributed by atoms with Gasteiger partial charge in [0.2, 0.25) is 0 Å². The van der Waals surface area contributed by atoms with Crippen LogP contribution in [0, 0.1) is 5.92 Å². The van der Waals surface area contributed by atoms with Gasteiger partial charge in [-0.25, -0.2) is 0 Å². The first-order chi connectivity index (χ1) is 15.1. The SMILES string of the molecule is C[C@H]1CCCN(c2ccncc2CC(=O)c2nc(B3OC(C)(C)C(C)(C)O3)ccc2N)C1. The predicted octanol–water partition coefficient (Wildman–Crippen LogP) is 3.02. The average Bonchev–Trinajstić information content (AvgIpc) is 2.95. The van der Waals surface area contributed by atoms with E-state index >= 15 is 0 Å². The summed E-state index contributed by atoms with van der Waals surface area (Å²) < 4.78 is 12.2. The van der Waals surface area contributed by atoms with Crippen LogP contribution in [0.15, 0.2) is 30.6 Å². The highest BCUT2D eigenvalue weighted by atomic mass is 16.7. The summed E-state index contributed by atoms with van der Waals surface area (Å²) in [5.41, 5.74) is 8.31. The lowest BCUT2D eigenvalue weighted by atomic mass is 9.83. The zero-order valence-electron chi connectivity index (χ0n) is 19.7. The average molecular weight is 436 g/mol. The molecule has 32 heavy (non-hydrogen) atoms. The summed E-state index contributed by atoms with van der Waals surface area (Å²) >= 11 is 0. The lowest BCUT2D eigenvalue weighted by Gasteiger charge is -2.34. The molecular formula is C24H33BN4O3. The second-order valence-corrected chi connectivity index (χ2v) is 10.1. The fraction of sp³-hybridized carbons (Fsp3) is 0.542. The van der Waals surface area contributed by atoms with E-state index in [1.807, 2.05) is 33.8 Å². The Labute approximate surface area is 190 Å². The van der Waals surface area contributed by atoms with Gasteiger partial charge in [0.25, 0.3) is 0 Å². The molecule has 0 aliphatic carbocycles. The van der Waals surface area contributed by atoms with Crippen molar-refractivity contribution in [3.05, 3.63) is 41.9 Å². The molecule has 4 rings (SSSR count). The maximum absolute atomic E-state index is 13.3. The van der Waals surface area contributed by atoms with E-state index in [2.05, 4.69) is 21.8 Å². The third-order valence-corrected chi connectivity index (χ3v) is 6.93. The molecule has 2 aliphatic heterocycles. The number of hydrogen-bond donors (Lipinski definition) is 1. The van der Waals surface area contributed by atoms with Crippen LogP contribution >= 0.6 is 0 Å². The first-order valence-electron chi connectivity index (χ1n) is 11.4. The fourth-order valence-corrected chi connectivity index (χ4v) is 4.33. The smallest absolute Gasteiger partial charge is 0.398 e. The van der Waals surface area contributed by atoms with Crippen molar-refractivity contribution >= 4 is 29.9 Å². The lowest BCUT2D eigenvalue weighted by Crippen LogP contribution is -2.41. The van der Waals surface area contributed by atoms with E-state index in [0.717, 1.165) is 30.8 Å². The Balaban J connectivity index is 1.57. The van der Waals surface area contributed by atoms with E-state index in [9.17, 15) is 4.79 Å². The van der Waals surface area contributed by atoms with E-state index in [4.69, 9.17) is 15.0 Å². The number of hydrogen-bond acceptors (Lipinski definition) is 7. The second-order valence-electron chi connectivity index (χ2n) is 10.1. The van der Waals surface area contributed by atoms with Crippen LogP contribution in [0.1, 0.15) is 63.5 Å². The molecule has 0 radical (unpaired) electrons. The van der Waals surface area contributed by atoms with Crippen LogP contribution in [0.5, 0.6) is 0 Å². The number of rotatable bonds is 5. The van der Waals surface area contributed by atoms with Crippen molar-refractivity contribution in [2.24, 2.45) is 5.92 Å². The van der Waals surface area contributed by atoms with E-state index in [1.54, 1.807) is 24.5 Å². The standard InChI is InChI=1S/C24H33BN4O3/c1-16-7-6-12-29(15-16)19-10-11-27-14-17(19)13-20(30)22-18(26)8-9-21(28-22)25-31-23(2,3)24(4,5)32-25/h8-11,14,16H,6-7,12-13,15,26H2,1-5H3/t16-/m0/s1. The highest BCUT2D eigenvalue weighted by Crippen LogP contribution is 2.36. The molecule has 0 aromatic carbocycles. The summed E-state index contributed by atoms with van der Waals surface area (Å²) in [7, 11) is -0.643. The van der Waals surface area contributed by atoms with Gasteiger partial charge in [-0.2, -0.15) is 0 Å². The van der Waals surface area contributed by atoms with E-state index in [0.29, 0.717) is 17.2 Å². The molecule has 2 N–H and O–H groups in total. The van der Waals surface area contributed by atoms with Crippen LogP contribution in [-0.4, -0.2) is 47.2 Å². The molecule has 170 valence electrons. The molecule has 2 aromatic heterocycles. The van der Waals surface area contributed by atoms with E-state index < -0.39 is 18.3 Å². The summed E-state index contributed by atoms with van der Waals surface area (Å²) in [5, 5.41) is 0. The largest absolute Gasteiger partial charge is 0.514 e. The first kappa shape index (κ1) is 22.7. The number of anilines is 2. The topological polar surface area (TPSA) is 90.6 Å². The van der Waals surface area contributed by atoms with Gasteiger partial charge in [0, 0.05) is 43.2 Å². The van der Waals surface area contributed by atoms with Gasteiger partial charge >= 0.3 is 7.12 Å². The first-order valence-corrected chi connectivity index (χ1v) is 11.4. The number of nitrogen functional groups attached to an aromatic ring is 1. The number of carbonyl (C=O) groups excluding carboxylic acids is 1. The summed E-state index contributed by atoms with van der Waals surface area (Å²) in [6.07, 6.45) is 6.15. The van der Waals surface area contributed by atoms with Gasteiger partial charge in [-0.15, -0.1) is 0 Å². The van der Waals surface area contributed by atoms with Gasteiger partial charge in [-0.1, -0.05) is 6.92 Å². The molecular weight excluding hydrogens is 403 g/mol. The van der Waals surface area contributed by atoms with Crippen molar-refractivity contribution in [3.8, 4) is 0 Å². The minimum absolute atomic E-state index is 0.139. The van der Waals surface area contributed by atoms with Crippen molar-refractivity contribution in [1.29, 1.82) is 0 Å². The van der Waals surface area contributed by atoms with Crippen LogP contribution in [0.4, 0.5) is 11.4 Å². The number of pyridine rings is 2. The van der Waals surface area contributed by atoms with Gasteiger partial charge in [0.05, 0.1) is 22.5 Å². The third kappa shape index (κ3) is 4.39. The molecule has 0 unspecified atom stereocenters. The number of Topliss-reactive ketones (excluding diaryl/α,β-unsaturated/α-hetero) is 1. The van der Waals surface area contributed by atoms with Gasteiger partial charge in [-0.3, -0.25) is 14.8 Å². The van der Waals surface area contributed by atoms with Crippen LogP contribution in [-0.2, 0) is 15.7 Å². The molecule has 2 fully saturated rings. The summed E-state index contributed by atoms with van der Waals surface area (Å²) in [6.45, 7) is 12.2. The highest BCUT2D eigenvalue weighted by Gasteiger charge is 2.52. The summed E-state index contributed by atoms with van der Waals surface area (Å²) in [4.78, 5) is 24.5. The Morgan fingerprint density at radius 3 is 2.62 bits per heavy atom. The predicted molar refractivity (Wildman–Crippen MR) is 127 cm³/mol. The number of nitrogens with two attached hydrogens (primary N) is 1. The van der Waals surface area contributed by atoms with Crippen LogP contribution in [0.25, 0.3) is 0 Å². The Morgan fingerprint density at radius 1 is 1.22 bits per heavy atom. The minimum atomic E-state index is -0.643. The van der Waals surface area contributed by atoms with Crippen LogP contribution < -0.4 is 16.2 Å². The van der Waals surface area contributed by atoms with Crippen molar-refractivity contribution in [2.75, 3.05) is 23.7 Å². The molecule has 7 nitrogen and oxygen atoms in total. The molecule has 2 saturated heterocycles. The summed E-state index contributed by atoms with van der Waals surface area (Å²) in [6, 6.07) is 5.47. The van der Waals surface area contributed by atoms with Crippen LogP contribution in [0.2, 0.25) is 0 Å². The number of piperidine rings is 1. The van der Waals surface area contributed by atoms with Crippen molar-refractivity contribution in [3.63, 3.8) is 0 Å². The van der Waals surface area contributed by atoms with Gasteiger partial charge in [0.15, 0.2) is 5.78 Å². The molecule has 2 aliphatic rings. The van der Waals surface area contributed by atoms with Gasteiger partial charge < -0.3 is 19.9 Å². The zero-order chi connectivity index (χ0) is 23.1. The highest BCUT2D eigenvalue weighted by molar-refractivity contribution is 6.61. The van der Waals surface area contributed by atoms with Crippen LogP contribution in [0.3, 0.4) is 0 Å². The molecule has 0 amide bonds. The molecule has 0 bridgehead atoms. The maximum atomic E-state index is 13.3. The lowest BCUT2D eigenvalue weighted by molar-refractivity contribution is 0.00578. The normalized spacial score (nSPS) is 22.2. The van der Waals surface area contributed by atoms with E-state index in [1.165, 1.54) is 6.42 Å². The van der Waals surface area contributed by atoms with Gasteiger partial charge in [0.1, 0.15) is 5.69 Å². The molecule has 8 heteroatoms. The van der Waals surface area contributed by atoms with Crippen molar-refractivity contribution < 1.29 is 14.1 Å².